The van der Waals surface area contributed by atoms with E-state index >= 15 is 0 Å². The predicted molar refractivity (Wildman–Crippen MR) is 142 cm³/mol. The molecule has 0 radical (unpaired) electrons. The van der Waals surface area contributed by atoms with E-state index in [0.717, 1.165) is 5.56 Å². The van der Waals surface area contributed by atoms with Gasteiger partial charge in [-0.2, -0.15) is 0 Å². The second-order valence-corrected chi connectivity index (χ2v) is 8.37. The summed E-state index contributed by atoms with van der Waals surface area (Å²) in [5.74, 6) is -3.40. The molecule has 3 atom stereocenters. The number of carboxylic acids is 1. The summed E-state index contributed by atoms with van der Waals surface area (Å²) >= 11 is 0. The summed E-state index contributed by atoms with van der Waals surface area (Å²) in [6.07, 6.45) is 0.950. The van der Waals surface area contributed by atoms with Crippen LogP contribution in [0.25, 0.3) is 0 Å². The number of carbonyl (C=O) groups is 4. The molecule has 38 heavy (non-hydrogen) atoms. The molecule has 0 fully saturated rings. The lowest BCUT2D eigenvalue weighted by Crippen LogP contribution is -2.56. The molecule has 15 heteroatoms. The maximum Gasteiger partial charge on any atom is 0.326 e. The molecule has 1 rings (SSSR count). The third-order valence-corrected chi connectivity index (χ3v) is 5.26. The van der Waals surface area contributed by atoms with Crippen molar-refractivity contribution in [1.29, 1.82) is 0 Å². The molecule has 0 heterocycles. The van der Waals surface area contributed by atoms with Crippen molar-refractivity contribution in [3.05, 3.63) is 35.9 Å². The Balaban J connectivity index is 3.04. The summed E-state index contributed by atoms with van der Waals surface area (Å²) in [6.45, 7) is 0.0684. The van der Waals surface area contributed by atoms with Gasteiger partial charge in [-0.25, -0.2) is 4.79 Å². The quantitative estimate of drug-likeness (QED) is 0.0549. The minimum Gasteiger partial charge on any atom is -0.480 e. The van der Waals surface area contributed by atoms with Crippen LogP contribution in [0, 0.1) is 0 Å². The second kappa shape index (κ2) is 17.1. The molecule has 15 nitrogen and oxygen atoms in total. The van der Waals surface area contributed by atoms with Crippen molar-refractivity contribution in [2.24, 2.45) is 38.7 Å². The number of amides is 3. The number of aliphatic imine (C=N–C) groups is 2. The van der Waals surface area contributed by atoms with Crippen LogP contribution in [0.15, 0.2) is 40.3 Å². The van der Waals surface area contributed by atoms with Crippen molar-refractivity contribution < 1.29 is 24.3 Å². The number of carbonyl (C=O) groups excluding carboxylic acids is 3. The van der Waals surface area contributed by atoms with E-state index in [-0.39, 0.29) is 50.8 Å². The molecule has 0 aliphatic heterocycles. The molecule has 1 aromatic carbocycles. The lowest BCUT2D eigenvalue weighted by Gasteiger charge is -2.24. The zero-order valence-electron chi connectivity index (χ0n) is 21.1. The van der Waals surface area contributed by atoms with E-state index in [4.69, 9.17) is 28.7 Å². The van der Waals surface area contributed by atoms with Crippen LogP contribution < -0.4 is 44.6 Å². The first-order valence-electron chi connectivity index (χ1n) is 12.0. The van der Waals surface area contributed by atoms with Crippen LogP contribution in [0.1, 0.15) is 31.2 Å². The average molecular weight is 535 g/mol. The highest BCUT2D eigenvalue weighted by atomic mass is 16.4. The van der Waals surface area contributed by atoms with Crippen LogP contribution in [-0.4, -0.2) is 78.5 Å². The standard InChI is InChI=1S/C23H38N10O5/c24-13-18(34)31-15(8-4-10-29-22(25)26)19(35)33-17(12-14-6-2-1-3-7-14)20(36)32-16(21(37)38)9-5-11-30-23(27)28/h1-3,6-7,15-17H,4-5,8-13,24H2,(H,31,34)(H,32,36)(H,33,35)(H,37,38)(H4,25,26,29)(H4,27,28,30). The highest BCUT2D eigenvalue weighted by molar-refractivity contribution is 5.93. The van der Waals surface area contributed by atoms with Gasteiger partial charge in [-0.05, 0) is 31.2 Å². The van der Waals surface area contributed by atoms with Crippen LogP contribution in [0.3, 0.4) is 0 Å². The van der Waals surface area contributed by atoms with E-state index < -0.39 is 41.8 Å². The van der Waals surface area contributed by atoms with Crippen LogP contribution in [0.2, 0.25) is 0 Å². The van der Waals surface area contributed by atoms with Crippen LogP contribution in [-0.2, 0) is 25.6 Å². The van der Waals surface area contributed by atoms with Crippen LogP contribution in [0.4, 0.5) is 0 Å². The van der Waals surface area contributed by atoms with Crippen LogP contribution in [0.5, 0.6) is 0 Å². The SMILES string of the molecule is NCC(=O)NC(CCCN=C(N)N)C(=O)NC(Cc1ccccc1)C(=O)NC(CCCN=C(N)N)C(=O)O. The predicted octanol–water partition coefficient (Wildman–Crippen LogP) is -3.17. The largest absolute Gasteiger partial charge is 0.480 e. The van der Waals surface area contributed by atoms with Crippen molar-refractivity contribution >= 4 is 35.6 Å². The number of guanidine groups is 2. The molecule has 3 amide bonds. The number of nitrogens with two attached hydrogens (primary N) is 5. The number of hydrogen-bond donors (Lipinski definition) is 9. The Bertz CT molecular complexity index is 978. The van der Waals surface area contributed by atoms with Gasteiger partial charge in [-0.15, -0.1) is 0 Å². The van der Waals surface area contributed by atoms with E-state index in [1.165, 1.54) is 0 Å². The number of hydrogen-bond acceptors (Lipinski definition) is 7. The normalized spacial score (nSPS) is 12.8. The van der Waals surface area contributed by atoms with E-state index in [0.29, 0.717) is 12.8 Å². The zero-order chi connectivity index (χ0) is 28.5. The van der Waals surface area contributed by atoms with E-state index in [1.807, 2.05) is 0 Å². The van der Waals surface area contributed by atoms with Gasteiger partial charge in [-0.3, -0.25) is 24.4 Å². The van der Waals surface area contributed by atoms with Gasteiger partial charge in [-0.1, -0.05) is 30.3 Å². The maximum atomic E-state index is 13.2. The molecule has 0 spiro atoms. The monoisotopic (exact) mass is 534 g/mol. The van der Waals surface area contributed by atoms with Gasteiger partial charge in [0.2, 0.25) is 17.7 Å². The van der Waals surface area contributed by atoms with E-state index in [2.05, 4.69) is 25.9 Å². The number of aliphatic carboxylic acids is 1. The third kappa shape index (κ3) is 13.1. The van der Waals surface area contributed by atoms with Crippen molar-refractivity contribution in [2.45, 2.75) is 50.2 Å². The molecule has 0 saturated carbocycles. The van der Waals surface area contributed by atoms with Gasteiger partial charge in [0.15, 0.2) is 11.9 Å². The third-order valence-electron chi connectivity index (χ3n) is 5.26. The van der Waals surface area contributed by atoms with Gasteiger partial charge in [0, 0.05) is 19.5 Å². The average Bonchev–Trinajstić information content (AvgIpc) is 2.86. The maximum absolute atomic E-state index is 13.2. The summed E-state index contributed by atoms with van der Waals surface area (Å²) in [7, 11) is 0. The minimum absolute atomic E-state index is 0.0594. The molecule has 210 valence electrons. The second-order valence-electron chi connectivity index (χ2n) is 8.37. The summed E-state index contributed by atoms with van der Waals surface area (Å²) in [5.41, 5.74) is 27.3. The molecule has 1 aromatic rings. The fraction of sp³-hybridized carbons (Fsp3) is 0.478. The highest BCUT2D eigenvalue weighted by Gasteiger charge is 2.29. The number of rotatable bonds is 17. The fourth-order valence-corrected chi connectivity index (χ4v) is 3.39. The molecule has 0 bridgehead atoms. The Morgan fingerprint density at radius 1 is 0.763 bits per heavy atom. The zero-order valence-corrected chi connectivity index (χ0v) is 21.1. The fourth-order valence-electron chi connectivity index (χ4n) is 3.39. The van der Waals surface area contributed by atoms with Crippen molar-refractivity contribution in [3.63, 3.8) is 0 Å². The van der Waals surface area contributed by atoms with Crippen molar-refractivity contribution in [2.75, 3.05) is 19.6 Å². The Labute approximate surface area is 220 Å². The summed E-state index contributed by atoms with van der Waals surface area (Å²) < 4.78 is 0. The van der Waals surface area contributed by atoms with E-state index in [1.54, 1.807) is 30.3 Å². The van der Waals surface area contributed by atoms with Gasteiger partial charge in [0.05, 0.1) is 6.54 Å². The lowest BCUT2D eigenvalue weighted by molar-refractivity contribution is -0.142. The minimum atomic E-state index is -1.25. The Kier molecular flexibility index (Phi) is 14.3. The van der Waals surface area contributed by atoms with Gasteiger partial charge >= 0.3 is 5.97 Å². The molecule has 0 aliphatic rings. The number of carboxylic acid groups (broad SMARTS) is 1. The van der Waals surface area contributed by atoms with Gasteiger partial charge in [0.1, 0.15) is 18.1 Å². The topological polar surface area (TPSA) is 279 Å². The first kappa shape index (κ1) is 31.6. The molecule has 0 aliphatic carbocycles. The molecular formula is C23H38N10O5. The Hall–Kier alpha value is -4.40. The number of benzene rings is 1. The molecule has 0 saturated heterocycles. The molecule has 3 unspecified atom stereocenters. The van der Waals surface area contributed by atoms with Crippen molar-refractivity contribution in [3.8, 4) is 0 Å². The number of nitrogens with zero attached hydrogens (tertiary/aromatic N) is 2. The lowest BCUT2D eigenvalue weighted by atomic mass is 10.0. The highest BCUT2D eigenvalue weighted by Crippen LogP contribution is 2.07. The number of nitrogens with one attached hydrogen (secondary N) is 3. The Morgan fingerprint density at radius 3 is 1.76 bits per heavy atom. The summed E-state index contributed by atoms with van der Waals surface area (Å²) in [5, 5.41) is 17.2. The Morgan fingerprint density at radius 2 is 1.26 bits per heavy atom. The first-order chi connectivity index (χ1) is 18.0. The van der Waals surface area contributed by atoms with Gasteiger partial charge in [0.25, 0.3) is 0 Å². The van der Waals surface area contributed by atoms with Crippen molar-refractivity contribution in [1.82, 2.24) is 16.0 Å². The summed E-state index contributed by atoms with van der Waals surface area (Å²) in [4.78, 5) is 57.6. The first-order valence-corrected chi connectivity index (χ1v) is 12.0. The summed E-state index contributed by atoms with van der Waals surface area (Å²) in [6, 6.07) is 5.45. The molecule has 14 N–H and O–H groups in total. The van der Waals surface area contributed by atoms with E-state index in [9.17, 15) is 24.3 Å². The van der Waals surface area contributed by atoms with Crippen LogP contribution >= 0.6 is 0 Å². The molecular weight excluding hydrogens is 496 g/mol. The molecule has 0 aromatic heterocycles. The van der Waals surface area contributed by atoms with Gasteiger partial charge < -0.3 is 49.7 Å². The smallest absolute Gasteiger partial charge is 0.326 e.